The molecule has 4 N–H and O–H groups in total. The van der Waals surface area contributed by atoms with Crippen LogP contribution in [0.4, 0.5) is 11.5 Å². The summed E-state index contributed by atoms with van der Waals surface area (Å²) < 4.78 is 1.84. The molecule has 0 unspecified atom stereocenters. The summed E-state index contributed by atoms with van der Waals surface area (Å²) in [5, 5.41) is 11.0. The molecule has 2 aromatic rings. The Morgan fingerprint density at radius 1 is 1.38 bits per heavy atom. The fraction of sp³-hybridized carbons (Fsp3) is 0.467. The van der Waals surface area contributed by atoms with Crippen LogP contribution in [-0.4, -0.2) is 34.4 Å². The molecule has 114 valence electrons. The van der Waals surface area contributed by atoms with E-state index in [0.717, 1.165) is 31.7 Å². The molecular formula is C15H24N6. The topological polar surface area (TPSA) is 80.8 Å². The first kappa shape index (κ1) is 15.3. The van der Waals surface area contributed by atoms with Crippen molar-refractivity contribution in [2.24, 2.45) is 7.05 Å². The summed E-state index contributed by atoms with van der Waals surface area (Å²) in [6, 6.07) is 3.83. The minimum absolute atomic E-state index is 0.473. The Kier molecular flexibility index (Phi) is 5.57. The van der Waals surface area contributed by atoms with Gasteiger partial charge < -0.3 is 16.4 Å². The second-order valence-electron chi connectivity index (χ2n) is 5.27. The Balaban J connectivity index is 1.59. The lowest BCUT2D eigenvalue weighted by molar-refractivity contribution is 0.603. The third-order valence-electron chi connectivity index (χ3n) is 3.43. The summed E-state index contributed by atoms with van der Waals surface area (Å²) in [5.74, 6) is 1.02. The maximum atomic E-state index is 5.77. The van der Waals surface area contributed by atoms with Gasteiger partial charge in [-0.3, -0.25) is 4.68 Å². The van der Waals surface area contributed by atoms with Crippen LogP contribution < -0.4 is 16.4 Å². The number of nitrogen functional groups attached to an aromatic ring is 1. The molecule has 21 heavy (non-hydrogen) atoms. The van der Waals surface area contributed by atoms with Gasteiger partial charge in [0.2, 0.25) is 0 Å². The highest BCUT2D eigenvalue weighted by Gasteiger charge is 2.06. The van der Waals surface area contributed by atoms with Crippen molar-refractivity contribution in [1.82, 2.24) is 20.1 Å². The van der Waals surface area contributed by atoms with E-state index in [2.05, 4.69) is 33.8 Å². The average molecular weight is 288 g/mol. The van der Waals surface area contributed by atoms with Crippen LogP contribution >= 0.6 is 0 Å². The SMILES string of the molecule is C[C@H](CNCCCNc1cccnc1N)c1cnn(C)c1. The van der Waals surface area contributed by atoms with Gasteiger partial charge in [-0.05, 0) is 36.6 Å². The van der Waals surface area contributed by atoms with E-state index in [-0.39, 0.29) is 0 Å². The molecule has 0 fully saturated rings. The quantitative estimate of drug-likeness (QED) is 0.643. The van der Waals surface area contributed by atoms with Crippen molar-refractivity contribution in [2.75, 3.05) is 30.7 Å². The molecule has 2 aromatic heterocycles. The molecule has 0 aliphatic carbocycles. The average Bonchev–Trinajstić information content (AvgIpc) is 2.91. The maximum Gasteiger partial charge on any atom is 0.146 e. The first-order chi connectivity index (χ1) is 10.2. The summed E-state index contributed by atoms with van der Waals surface area (Å²) in [5.41, 5.74) is 7.94. The highest BCUT2D eigenvalue weighted by Crippen LogP contribution is 2.13. The first-order valence-corrected chi connectivity index (χ1v) is 7.30. The van der Waals surface area contributed by atoms with Gasteiger partial charge in [-0.1, -0.05) is 6.92 Å². The van der Waals surface area contributed by atoms with Crippen molar-refractivity contribution in [1.29, 1.82) is 0 Å². The van der Waals surface area contributed by atoms with E-state index in [1.165, 1.54) is 5.56 Å². The number of pyridine rings is 1. The Morgan fingerprint density at radius 3 is 2.95 bits per heavy atom. The second kappa shape index (κ2) is 7.64. The Hall–Kier alpha value is -2.08. The van der Waals surface area contributed by atoms with Crippen molar-refractivity contribution < 1.29 is 0 Å². The van der Waals surface area contributed by atoms with Crippen LogP contribution in [0.25, 0.3) is 0 Å². The van der Waals surface area contributed by atoms with Gasteiger partial charge in [0, 0.05) is 32.5 Å². The Bertz CT molecular complexity index is 551. The molecule has 0 bridgehead atoms. The van der Waals surface area contributed by atoms with Gasteiger partial charge >= 0.3 is 0 Å². The molecule has 6 heteroatoms. The normalized spacial score (nSPS) is 12.3. The van der Waals surface area contributed by atoms with Crippen molar-refractivity contribution in [3.8, 4) is 0 Å². The standard InChI is InChI=1S/C15H24N6/c1-12(13-10-20-21(2)11-13)9-17-6-4-8-18-14-5-3-7-19-15(14)16/h3,5,7,10-12,17-18H,4,6,8-9H2,1-2H3,(H2,16,19)/t12-/m1/s1. The molecule has 2 heterocycles. The van der Waals surface area contributed by atoms with Crippen LogP contribution in [0.3, 0.4) is 0 Å². The molecule has 0 saturated heterocycles. The number of aryl methyl sites for hydroxylation is 1. The largest absolute Gasteiger partial charge is 0.382 e. The fourth-order valence-electron chi connectivity index (χ4n) is 2.13. The number of aromatic nitrogens is 3. The monoisotopic (exact) mass is 288 g/mol. The minimum Gasteiger partial charge on any atom is -0.382 e. The van der Waals surface area contributed by atoms with Gasteiger partial charge in [0.05, 0.1) is 11.9 Å². The summed E-state index contributed by atoms with van der Waals surface area (Å²) >= 11 is 0. The lowest BCUT2D eigenvalue weighted by Crippen LogP contribution is -2.22. The number of hydrogen-bond acceptors (Lipinski definition) is 5. The molecule has 0 aliphatic heterocycles. The molecular weight excluding hydrogens is 264 g/mol. The van der Waals surface area contributed by atoms with Gasteiger partial charge in [0.15, 0.2) is 0 Å². The summed E-state index contributed by atoms with van der Waals surface area (Å²) in [6.07, 6.45) is 6.73. The van der Waals surface area contributed by atoms with E-state index in [0.29, 0.717) is 11.7 Å². The molecule has 6 nitrogen and oxygen atoms in total. The summed E-state index contributed by atoms with van der Waals surface area (Å²) in [6.45, 7) is 5.02. The third kappa shape index (κ3) is 4.75. The number of hydrogen-bond donors (Lipinski definition) is 3. The van der Waals surface area contributed by atoms with E-state index >= 15 is 0 Å². The first-order valence-electron chi connectivity index (χ1n) is 7.30. The molecule has 0 spiro atoms. The number of nitrogens with zero attached hydrogens (tertiary/aromatic N) is 3. The van der Waals surface area contributed by atoms with Crippen LogP contribution in [0.2, 0.25) is 0 Å². The van der Waals surface area contributed by atoms with E-state index in [4.69, 9.17) is 5.73 Å². The van der Waals surface area contributed by atoms with Gasteiger partial charge in [0.1, 0.15) is 5.82 Å². The van der Waals surface area contributed by atoms with Crippen molar-refractivity contribution >= 4 is 11.5 Å². The zero-order chi connectivity index (χ0) is 15.1. The zero-order valence-electron chi connectivity index (χ0n) is 12.7. The molecule has 0 aliphatic rings. The molecule has 2 rings (SSSR count). The van der Waals surface area contributed by atoms with E-state index < -0.39 is 0 Å². The number of anilines is 2. The van der Waals surface area contributed by atoms with Gasteiger partial charge in [0.25, 0.3) is 0 Å². The highest BCUT2D eigenvalue weighted by atomic mass is 15.2. The Morgan fingerprint density at radius 2 is 2.24 bits per heavy atom. The summed E-state index contributed by atoms with van der Waals surface area (Å²) in [7, 11) is 1.94. The molecule has 0 aromatic carbocycles. The molecule has 0 amide bonds. The molecule has 0 saturated carbocycles. The van der Waals surface area contributed by atoms with E-state index in [1.807, 2.05) is 30.1 Å². The van der Waals surface area contributed by atoms with E-state index in [9.17, 15) is 0 Å². The van der Waals surface area contributed by atoms with Crippen LogP contribution in [-0.2, 0) is 7.05 Å². The number of nitrogens with one attached hydrogen (secondary N) is 2. The lowest BCUT2D eigenvalue weighted by Gasteiger charge is -2.11. The smallest absolute Gasteiger partial charge is 0.146 e. The third-order valence-corrected chi connectivity index (χ3v) is 3.43. The molecule has 1 atom stereocenters. The number of rotatable bonds is 8. The van der Waals surface area contributed by atoms with Crippen LogP contribution in [0.1, 0.15) is 24.8 Å². The summed E-state index contributed by atoms with van der Waals surface area (Å²) in [4.78, 5) is 4.04. The Labute approximate surface area is 125 Å². The van der Waals surface area contributed by atoms with Crippen LogP contribution in [0.5, 0.6) is 0 Å². The predicted molar refractivity (Wildman–Crippen MR) is 86.2 cm³/mol. The van der Waals surface area contributed by atoms with Crippen LogP contribution in [0, 0.1) is 0 Å². The van der Waals surface area contributed by atoms with Crippen LogP contribution in [0.15, 0.2) is 30.7 Å². The number of nitrogens with two attached hydrogens (primary N) is 1. The fourth-order valence-corrected chi connectivity index (χ4v) is 2.13. The zero-order valence-corrected chi connectivity index (χ0v) is 12.7. The van der Waals surface area contributed by atoms with Gasteiger partial charge in [-0.15, -0.1) is 0 Å². The lowest BCUT2D eigenvalue weighted by atomic mass is 10.1. The van der Waals surface area contributed by atoms with Crippen molar-refractivity contribution in [3.63, 3.8) is 0 Å². The maximum absolute atomic E-state index is 5.77. The second-order valence-corrected chi connectivity index (χ2v) is 5.27. The predicted octanol–water partition coefficient (Wildman–Crippen LogP) is 1.59. The van der Waals surface area contributed by atoms with Crippen molar-refractivity contribution in [2.45, 2.75) is 19.3 Å². The minimum atomic E-state index is 0.473. The van der Waals surface area contributed by atoms with Crippen molar-refractivity contribution in [3.05, 3.63) is 36.3 Å². The van der Waals surface area contributed by atoms with E-state index in [1.54, 1.807) is 6.20 Å². The van der Waals surface area contributed by atoms with Gasteiger partial charge in [-0.2, -0.15) is 5.10 Å². The molecule has 0 radical (unpaired) electrons. The highest BCUT2D eigenvalue weighted by molar-refractivity contribution is 5.60. The van der Waals surface area contributed by atoms with Gasteiger partial charge in [-0.25, -0.2) is 4.98 Å².